The number of ether oxygens (including phenoxy) is 1. The van der Waals surface area contributed by atoms with Crippen LogP contribution < -0.4 is 15.1 Å². The second kappa shape index (κ2) is 7.55. The van der Waals surface area contributed by atoms with Crippen LogP contribution in [0.3, 0.4) is 0 Å². The largest absolute Gasteiger partial charge is 0.497 e. The maximum Gasteiger partial charge on any atom is 0.263 e. The SMILES string of the molecule is COc1ccc(/N=c2\sc3ncccc3c(=O)n2Cc2ccccc2)cc1. The van der Waals surface area contributed by atoms with Crippen LogP contribution in [0.2, 0.25) is 0 Å². The summed E-state index contributed by atoms with van der Waals surface area (Å²) in [6, 6.07) is 20.9. The van der Waals surface area contributed by atoms with E-state index in [1.54, 1.807) is 30.0 Å². The first-order chi connectivity index (χ1) is 13.2. The third-order valence-corrected chi connectivity index (χ3v) is 5.16. The van der Waals surface area contributed by atoms with E-state index in [1.807, 2.05) is 54.6 Å². The van der Waals surface area contributed by atoms with Gasteiger partial charge in [-0.05, 0) is 42.0 Å². The van der Waals surface area contributed by atoms with Crippen molar-refractivity contribution < 1.29 is 4.74 Å². The van der Waals surface area contributed by atoms with Gasteiger partial charge in [0.1, 0.15) is 10.6 Å². The highest BCUT2D eigenvalue weighted by atomic mass is 32.1. The van der Waals surface area contributed by atoms with Gasteiger partial charge >= 0.3 is 0 Å². The average molecular weight is 375 g/mol. The molecule has 5 nitrogen and oxygen atoms in total. The van der Waals surface area contributed by atoms with Gasteiger partial charge in [0, 0.05) is 6.20 Å². The van der Waals surface area contributed by atoms with E-state index < -0.39 is 0 Å². The average Bonchev–Trinajstić information content (AvgIpc) is 2.72. The Bertz CT molecular complexity index is 1200. The molecule has 0 saturated carbocycles. The summed E-state index contributed by atoms with van der Waals surface area (Å²) in [7, 11) is 1.63. The summed E-state index contributed by atoms with van der Waals surface area (Å²) < 4.78 is 6.90. The summed E-state index contributed by atoms with van der Waals surface area (Å²) in [5.74, 6) is 0.763. The van der Waals surface area contributed by atoms with Crippen LogP contribution >= 0.6 is 11.3 Å². The standard InChI is InChI=1S/C21H17N3O2S/c1-26-17-11-9-16(10-12-17)23-21-24(14-15-6-3-2-4-7-15)20(25)18-8-5-13-22-19(18)27-21/h2-13H,14H2,1H3/b23-21-. The maximum atomic E-state index is 13.1. The molecule has 2 heterocycles. The fourth-order valence-corrected chi connectivity index (χ4v) is 3.73. The molecule has 134 valence electrons. The van der Waals surface area contributed by atoms with Crippen molar-refractivity contribution in [2.45, 2.75) is 6.54 Å². The number of rotatable bonds is 4. The molecule has 2 aromatic carbocycles. The van der Waals surface area contributed by atoms with Gasteiger partial charge in [0.2, 0.25) is 0 Å². The number of pyridine rings is 1. The molecule has 0 spiro atoms. The zero-order valence-corrected chi connectivity index (χ0v) is 15.5. The van der Waals surface area contributed by atoms with Crippen molar-refractivity contribution >= 4 is 27.2 Å². The second-order valence-electron chi connectivity index (χ2n) is 5.93. The number of hydrogen-bond donors (Lipinski definition) is 0. The molecule has 0 fully saturated rings. The Morgan fingerprint density at radius 2 is 1.81 bits per heavy atom. The van der Waals surface area contributed by atoms with Gasteiger partial charge in [0.15, 0.2) is 4.80 Å². The zero-order valence-electron chi connectivity index (χ0n) is 14.7. The molecule has 2 aromatic heterocycles. The quantitative estimate of drug-likeness (QED) is 0.546. The molecule has 0 amide bonds. The lowest BCUT2D eigenvalue weighted by molar-refractivity contribution is 0.415. The second-order valence-corrected chi connectivity index (χ2v) is 6.88. The molecule has 4 aromatic rings. The highest BCUT2D eigenvalue weighted by Crippen LogP contribution is 2.17. The van der Waals surface area contributed by atoms with Crippen LogP contribution in [0.5, 0.6) is 5.75 Å². The Kier molecular flexibility index (Phi) is 4.80. The normalized spacial score (nSPS) is 11.7. The number of hydrogen-bond acceptors (Lipinski definition) is 5. The van der Waals surface area contributed by atoms with Crippen molar-refractivity contribution in [2.75, 3.05) is 7.11 Å². The molecule has 0 N–H and O–H groups in total. The maximum absolute atomic E-state index is 13.1. The molecule has 27 heavy (non-hydrogen) atoms. The van der Waals surface area contributed by atoms with E-state index in [-0.39, 0.29) is 5.56 Å². The Morgan fingerprint density at radius 1 is 1.04 bits per heavy atom. The Hall–Kier alpha value is -3.25. The van der Waals surface area contributed by atoms with Crippen LogP contribution in [-0.4, -0.2) is 16.7 Å². The molecular formula is C21H17N3O2S. The predicted octanol–water partition coefficient (Wildman–Crippen LogP) is 3.75. The van der Waals surface area contributed by atoms with Gasteiger partial charge in [-0.3, -0.25) is 9.36 Å². The van der Waals surface area contributed by atoms with E-state index in [0.29, 0.717) is 21.6 Å². The van der Waals surface area contributed by atoms with Crippen LogP contribution in [0.25, 0.3) is 10.2 Å². The highest BCUT2D eigenvalue weighted by molar-refractivity contribution is 7.15. The highest BCUT2D eigenvalue weighted by Gasteiger charge is 2.08. The first kappa shape index (κ1) is 17.2. The monoisotopic (exact) mass is 375 g/mol. The van der Waals surface area contributed by atoms with Crippen LogP contribution in [0.15, 0.2) is 82.7 Å². The van der Waals surface area contributed by atoms with Gasteiger partial charge in [-0.15, -0.1) is 0 Å². The molecule has 4 rings (SSSR count). The smallest absolute Gasteiger partial charge is 0.263 e. The first-order valence-corrected chi connectivity index (χ1v) is 9.27. The minimum absolute atomic E-state index is 0.0898. The number of methoxy groups -OCH3 is 1. The van der Waals surface area contributed by atoms with E-state index in [2.05, 4.69) is 4.98 Å². The van der Waals surface area contributed by atoms with E-state index in [0.717, 1.165) is 17.0 Å². The Labute approximate surface area is 159 Å². The molecule has 0 saturated heterocycles. The Balaban J connectivity index is 1.92. The topological polar surface area (TPSA) is 56.5 Å². The molecule has 0 aliphatic rings. The zero-order chi connectivity index (χ0) is 18.6. The molecule has 0 radical (unpaired) electrons. The van der Waals surface area contributed by atoms with Gasteiger partial charge in [0.05, 0.1) is 24.7 Å². The summed E-state index contributed by atoms with van der Waals surface area (Å²) in [6.45, 7) is 0.454. The molecule has 0 bridgehead atoms. The molecule has 6 heteroatoms. The van der Waals surface area contributed by atoms with Gasteiger partial charge in [-0.1, -0.05) is 41.7 Å². The number of nitrogens with zero attached hydrogens (tertiary/aromatic N) is 3. The van der Waals surface area contributed by atoms with E-state index in [9.17, 15) is 4.79 Å². The van der Waals surface area contributed by atoms with Crippen molar-refractivity contribution in [2.24, 2.45) is 4.99 Å². The summed E-state index contributed by atoms with van der Waals surface area (Å²) >= 11 is 1.41. The molecular weight excluding hydrogens is 358 g/mol. The fraction of sp³-hybridized carbons (Fsp3) is 0.0952. The van der Waals surface area contributed by atoms with Gasteiger partial charge < -0.3 is 4.74 Å². The van der Waals surface area contributed by atoms with Gasteiger partial charge in [-0.25, -0.2) is 9.98 Å². The number of aromatic nitrogens is 2. The van der Waals surface area contributed by atoms with Gasteiger partial charge in [0.25, 0.3) is 5.56 Å². The lowest BCUT2D eigenvalue weighted by atomic mass is 10.2. The number of fused-ring (bicyclic) bond motifs is 1. The number of benzene rings is 2. The fourth-order valence-electron chi connectivity index (χ4n) is 2.76. The van der Waals surface area contributed by atoms with Crippen LogP contribution in [0.1, 0.15) is 5.56 Å². The third kappa shape index (κ3) is 3.66. The minimum atomic E-state index is -0.0898. The van der Waals surface area contributed by atoms with Crippen LogP contribution in [-0.2, 0) is 6.54 Å². The van der Waals surface area contributed by atoms with Crippen molar-refractivity contribution in [1.82, 2.24) is 9.55 Å². The van der Waals surface area contributed by atoms with Crippen molar-refractivity contribution in [1.29, 1.82) is 0 Å². The van der Waals surface area contributed by atoms with Gasteiger partial charge in [-0.2, -0.15) is 0 Å². The van der Waals surface area contributed by atoms with E-state index >= 15 is 0 Å². The first-order valence-electron chi connectivity index (χ1n) is 8.46. The van der Waals surface area contributed by atoms with Crippen molar-refractivity contribution in [3.8, 4) is 5.75 Å². The van der Waals surface area contributed by atoms with E-state index in [1.165, 1.54) is 11.3 Å². The summed E-state index contributed by atoms with van der Waals surface area (Å²) in [5.41, 5.74) is 1.71. The molecule has 0 atom stereocenters. The summed E-state index contributed by atoms with van der Waals surface area (Å²) in [6.07, 6.45) is 1.69. The lowest BCUT2D eigenvalue weighted by Crippen LogP contribution is -2.32. The predicted molar refractivity (Wildman–Crippen MR) is 108 cm³/mol. The van der Waals surface area contributed by atoms with Crippen LogP contribution in [0.4, 0.5) is 5.69 Å². The summed E-state index contributed by atoms with van der Waals surface area (Å²) in [4.78, 5) is 23.4. The van der Waals surface area contributed by atoms with Crippen molar-refractivity contribution in [3.05, 3.63) is 93.6 Å². The Morgan fingerprint density at radius 3 is 2.56 bits per heavy atom. The lowest BCUT2D eigenvalue weighted by Gasteiger charge is -2.08. The molecule has 0 aliphatic carbocycles. The molecule has 0 unspecified atom stereocenters. The molecule has 0 aliphatic heterocycles. The third-order valence-electron chi connectivity index (χ3n) is 4.15. The van der Waals surface area contributed by atoms with Crippen LogP contribution in [0, 0.1) is 0 Å². The van der Waals surface area contributed by atoms with Crippen molar-refractivity contribution in [3.63, 3.8) is 0 Å². The minimum Gasteiger partial charge on any atom is -0.497 e. The van der Waals surface area contributed by atoms with E-state index in [4.69, 9.17) is 9.73 Å². The summed E-state index contributed by atoms with van der Waals surface area (Å²) in [5, 5.41) is 0.604.